The summed E-state index contributed by atoms with van der Waals surface area (Å²) in [6.45, 7) is 4.04. The Bertz CT molecular complexity index is 765. The second kappa shape index (κ2) is 5.34. The summed E-state index contributed by atoms with van der Waals surface area (Å²) < 4.78 is 16.6. The normalized spacial score (nSPS) is 32.1. The average molecular weight is 328 g/mol. The van der Waals surface area contributed by atoms with E-state index >= 15 is 0 Å². The second-order valence-electron chi connectivity index (χ2n) is 6.85. The Morgan fingerprint density at radius 3 is 2.58 bits per heavy atom. The molecule has 0 bridgehead atoms. The van der Waals surface area contributed by atoms with Crippen LogP contribution >= 0.6 is 0 Å². The molecule has 1 saturated heterocycles. The Kier molecular flexibility index (Phi) is 3.49. The molecule has 126 valence electrons. The SMILES string of the molecule is COCO[C@@H](C)[C@@H]1C2=C(C[C@H]3O[C@]31C)C(=O)c1ccccc1C2=O. The summed E-state index contributed by atoms with van der Waals surface area (Å²) >= 11 is 0. The minimum Gasteiger partial charge on any atom is -0.365 e. The number of hydrogen-bond acceptors (Lipinski definition) is 5. The van der Waals surface area contributed by atoms with Crippen LogP contribution in [0.2, 0.25) is 0 Å². The lowest BCUT2D eigenvalue weighted by Crippen LogP contribution is -2.44. The van der Waals surface area contributed by atoms with Crippen LogP contribution < -0.4 is 0 Å². The average Bonchev–Trinajstić information content (AvgIpc) is 3.26. The Hall–Kier alpha value is -1.82. The standard InChI is InChI=1S/C19H20O5/c1-10(23-9-22-3)16-15-13(8-14-19(16,2)24-14)17(20)11-6-4-5-7-12(11)18(15)21/h4-7,10,14,16H,8-9H2,1-3H3/t10-,14+,16+,19+/m0/s1. The molecule has 4 rings (SSSR count). The summed E-state index contributed by atoms with van der Waals surface area (Å²) in [5, 5.41) is 0. The van der Waals surface area contributed by atoms with Crippen molar-refractivity contribution < 1.29 is 23.8 Å². The van der Waals surface area contributed by atoms with Crippen LogP contribution in [0.3, 0.4) is 0 Å². The number of carbonyl (C=O) groups is 2. The first kappa shape index (κ1) is 15.7. The van der Waals surface area contributed by atoms with Gasteiger partial charge in [-0.05, 0) is 13.8 Å². The van der Waals surface area contributed by atoms with Crippen molar-refractivity contribution in [3.8, 4) is 0 Å². The number of rotatable bonds is 4. The van der Waals surface area contributed by atoms with E-state index in [1.54, 1.807) is 31.4 Å². The van der Waals surface area contributed by atoms with Gasteiger partial charge in [0.1, 0.15) is 12.4 Å². The van der Waals surface area contributed by atoms with Crippen LogP contribution in [0.15, 0.2) is 35.4 Å². The highest BCUT2D eigenvalue weighted by Gasteiger charge is 2.65. The monoisotopic (exact) mass is 328 g/mol. The molecule has 1 fully saturated rings. The van der Waals surface area contributed by atoms with Gasteiger partial charge >= 0.3 is 0 Å². The zero-order valence-corrected chi connectivity index (χ0v) is 14.0. The first-order valence-corrected chi connectivity index (χ1v) is 8.19. The number of carbonyl (C=O) groups excluding carboxylic acids is 2. The fraction of sp³-hybridized carbons (Fsp3) is 0.474. The van der Waals surface area contributed by atoms with Crippen molar-refractivity contribution in [3.63, 3.8) is 0 Å². The number of fused-ring (bicyclic) bond motifs is 2. The van der Waals surface area contributed by atoms with E-state index in [2.05, 4.69) is 0 Å². The third-order valence-corrected chi connectivity index (χ3v) is 5.47. The molecule has 2 aliphatic carbocycles. The smallest absolute Gasteiger partial charge is 0.190 e. The Balaban J connectivity index is 1.81. The zero-order valence-electron chi connectivity index (χ0n) is 14.0. The van der Waals surface area contributed by atoms with E-state index in [9.17, 15) is 9.59 Å². The van der Waals surface area contributed by atoms with Crippen molar-refractivity contribution in [1.82, 2.24) is 0 Å². The van der Waals surface area contributed by atoms with Gasteiger partial charge in [0.05, 0.1) is 12.2 Å². The highest BCUT2D eigenvalue weighted by Crippen LogP contribution is 2.56. The fourth-order valence-corrected chi connectivity index (χ4v) is 4.21. The number of ketones is 2. The van der Waals surface area contributed by atoms with Gasteiger partial charge in [0.25, 0.3) is 0 Å². The lowest BCUT2D eigenvalue weighted by atomic mass is 9.67. The Morgan fingerprint density at radius 2 is 1.92 bits per heavy atom. The summed E-state index contributed by atoms with van der Waals surface area (Å²) in [5.41, 5.74) is 1.69. The summed E-state index contributed by atoms with van der Waals surface area (Å²) in [6, 6.07) is 7.02. The molecule has 1 aromatic carbocycles. The number of epoxide rings is 1. The predicted octanol–water partition coefficient (Wildman–Crippen LogP) is 2.55. The maximum Gasteiger partial charge on any atom is 0.190 e. The van der Waals surface area contributed by atoms with Gasteiger partial charge in [-0.1, -0.05) is 24.3 Å². The van der Waals surface area contributed by atoms with Crippen LogP contribution in [0.25, 0.3) is 0 Å². The molecule has 0 amide bonds. The third-order valence-electron chi connectivity index (χ3n) is 5.47. The van der Waals surface area contributed by atoms with Crippen molar-refractivity contribution in [1.29, 1.82) is 0 Å². The number of benzene rings is 1. The van der Waals surface area contributed by atoms with Gasteiger partial charge in [0, 0.05) is 41.7 Å². The minimum atomic E-state index is -0.450. The van der Waals surface area contributed by atoms with Crippen molar-refractivity contribution in [3.05, 3.63) is 46.5 Å². The van der Waals surface area contributed by atoms with E-state index in [-0.39, 0.29) is 36.5 Å². The molecule has 0 saturated carbocycles. The predicted molar refractivity (Wildman–Crippen MR) is 85.9 cm³/mol. The van der Waals surface area contributed by atoms with Crippen LogP contribution in [-0.2, 0) is 14.2 Å². The van der Waals surface area contributed by atoms with E-state index in [0.29, 0.717) is 28.7 Å². The van der Waals surface area contributed by atoms with Gasteiger partial charge in [-0.2, -0.15) is 0 Å². The Morgan fingerprint density at radius 1 is 1.25 bits per heavy atom. The van der Waals surface area contributed by atoms with E-state index in [4.69, 9.17) is 14.2 Å². The van der Waals surface area contributed by atoms with Crippen LogP contribution in [0.1, 0.15) is 41.0 Å². The molecule has 1 aromatic rings. The summed E-state index contributed by atoms with van der Waals surface area (Å²) in [7, 11) is 1.56. The number of Topliss-reactive ketones (excluding diaryl/α,β-unsaturated/α-hetero) is 2. The highest BCUT2D eigenvalue weighted by molar-refractivity contribution is 6.27. The summed E-state index contributed by atoms with van der Waals surface area (Å²) in [5.74, 6) is -0.402. The van der Waals surface area contributed by atoms with Crippen LogP contribution in [0.4, 0.5) is 0 Å². The third kappa shape index (κ3) is 2.05. The number of ether oxygens (including phenoxy) is 3. The van der Waals surface area contributed by atoms with E-state index in [1.807, 2.05) is 13.8 Å². The molecule has 4 atom stereocenters. The van der Waals surface area contributed by atoms with Gasteiger partial charge < -0.3 is 14.2 Å². The molecule has 0 radical (unpaired) electrons. The first-order chi connectivity index (χ1) is 11.5. The topological polar surface area (TPSA) is 65.1 Å². The quantitative estimate of drug-likeness (QED) is 0.628. The zero-order chi connectivity index (χ0) is 17.1. The molecule has 1 heterocycles. The maximum absolute atomic E-state index is 13.1. The molecule has 0 unspecified atom stereocenters. The molecule has 5 nitrogen and oxygen atoms in total. The van der Waals surface area contributed by atoms with Crippen molar-refractivity contribution in [2.45, 2.75) is 38.1 Å². The van der Waals surface area contributed by atoms with Gasteiger partial charge in [0.2, 0.25) is 0 Å². The van der Waals surface area contributed by atoms with Gasteiger partial charge in [-0.3, -0.25) is 9.59 Å². The Labute approximate surface area is 140 Å². The molecule has 5 heteroatoms. The summed E-state index contributed by atoms with van der Waals surface area (Å²) in [4.78, 5) is 26.1. The lowest BCUT2D eigenvalue weighted by Gasteiger charge is -2.35. The molecular formula is C19H20O5. The molecule has 0 spiro atoms. The van der Waals surface area contributed by atoms with Gasteiger partial charge in [-0.15, -0.1) is 0 Å². The van der Waals surface area contributed by atoms with E-state index in [0.717, 1.165) is 0 Å². The van der Waals surface area contributed by atoms with Crippen LogP contribution in [-0.4, -0.2) is 43.3 Å². The van der Waals surface area contributed by atoms with E-state index < -0.39 is 5.60 Å². The second-order valence-corrected chi connectivity index (χ2v) is 6.85. The molecule has 1 aliphatic heterocycles. The molecule has 0 aromatic heterocycles. The minimum absolute atomic E-state index is 0.0307. The number of methoxy groups -OCH3 is 1. The van der Waals surface area contributed by atoms with Gasteiger partial charge in [-0.25, -0.2) is 0 Å². The lowest BCUT2D eigenvalue weighted by molar-refractivity contribution is -0.0876. The molecule has 0 N–H and O–H groups in total. The summed E-state index contributed by atoms with van der Waals surface area (Å²) in [6.07, 6.45) is 0.183. The van der Waals surface area contributed by atoms with E-state index in [1.165, 1.54) is 0 Å². The van der Waals surface area contributed by atoms with Gasteiger partial charge in [0.15, 0.2) is 11.6 Å². The first-order valence-electron chi connectivity index (χ1n) is 8.19. The van der Waals surface area contributed by atoms with Crippen molar-refractivity contribution in [2.75, 3.05) is 13.9 Å². The van der Waals surface area contributed by atoms with Crippen molar-refractivity contribution >= 4 is 11.6 Å². The molecular weight excluding hydrogens is 308 g/mol. The fourth-order valence-electron chi connectivity index (χ4n) is 4.21. The number of hydrogen-bond donors (Lipinski definition) is 0. The van der Waals surface area contributed by atoms with Crippen LogP contribution in [0, 0.1) is 5.92 Å². The molecule has 24 heavy (non-hydrogen) atoms. The molecule has 3 aliphatic rings. The largest absolute Gasteiger partial charge is 0.365 e. The van der Waals surface area contributed by atoms with Crippen molar-refractivity contribution in [2.24, 2.45) is 5.92 Å². The van der Waals surface area contributed by atoms with Crippen LogP contribution in [0.5, 0.6) is 0 Å². The maximum atomic E-state index is 13.1. The highest BCUT2D eigenvalue weighted by atomic mass is 16.7.